The van der Waals surface area contributed by atoms with Gasteiger partial charge in [-0.05, 0) is 75.6 Å². The highest BCUT2D eigenvalue weighted by Crippen LogP contribution is 2.40. The fourth-order valence-electron chi connectivity index (χ4n) is 4.77. The summed E-state index contributed by atoms with van der Waals surface area (Å²) in [6, 6.07) is 16.3. The molecule has 0 fully saturated rings. The molecule has 1 heterocycles. The van der Waals surface area contributed by atoms with Gasteiger partial charge in [0.2, 0.25) is 0 Å². The minimum Gasteiger partial charge on any atom is -0.456 e. The Kier molecular flexibility index (Phi) is 8.30. The monoisotopic (exact) mass is 508 g/mol. The predicted octanol–water partition coefficient (Wildman–Crippen LogP) is 7.00. The van der Waals surface area contributed by atoms with E-state index >= 15 is 0 Å². The summed E-state index contributed by atoms with van der Waals surface area (Å²) in [5.74, 6) is 0.680. The van der Waals surface area contributed by atoms with E-state index in [1.165, 1.54) is 16.7 Å². The first-order valence-corrected chi connectivity index (χ1v) is 12.9. The molecular formula is C33H36N2O3. The molecule has 0 aromatic heterocycles. The summed E-state index contributed by atoms with van der Waals surface area (Å²) in [5.41, 5.74) is 10.3. The summed E-state index contributed by atoms with van der Waals surface area (Å²) in [7, 11) is 0. The van der Waals surface area contributed by atoms with Gasteiger partial charge in [-0.25, -0.2) is 0 Å². The van der Waals surface area contributed by atoms with Crippen LogP contribution in [0.15, 0.2) is 88.3 Å². The zero-order valence-corrected chi connectivity index (χ0v) is 22.8. The number of aryl methyl sites for hydroxylation is 3. The van der Waals surface area contributed by atoms with Gasteiger partial charge in [0.25, 0.3) is 0 Å². The number of nitrogens with one attached hydrogen (secondary N) is 1. The average Bonchev–Trinajstić information content (AvgIpc) is 2.88. The minimum absolute atomic E-state index is 0.115. The van der Waals surface area contributed by atoms with E-state index < -0.39 is 6.10 Å². The number of rotatable bonds is 8. The number of hydrogen-bond donors (Lipinski definition) is 3. The van der Waals surface area contributed by atoms with Gasteiger partial charge >= 0.3 is 0 Å². The van der Waals surface area contributed by atoms with E-state index in [1.807, 2.05) is 50.3 Å². The molecule has 0 amide bonds. The maximum Gasteiger partial charge on any atom is 0.137 e. The Morgan fingerprint density at radius 1 is 1.08 bits per heavy atom. The van der Waals surface area contributed by atoms with Crippen molar-refractivity contribution in [1.29, 1.82) is 0 Å². The molecule has 2 aromatic carbocycles. The molecule has 3 N–H and O–H groups in total. The lowest BCUT2D eigenvalue weighted by molar-refractivity contribution is 0.101. The van der Waals surface area contributed by atoms with Crippen LogP contribution in [-0.4, -0.2) is 29.5 Å². The molecule has 0 radical (unpaired) electrons. The Balaban J connectivity index is 1.95. The van der Waals surface area contributed by atoms with Crippen molar-refractivity contribution in [1.82, 2.24) is 0 Å². The van der Waals surface area contributed by atoms with Gasteiger partial charge in [-0.15, -0.1) is 0 Å². The lowest BCUT2D eigenvalue weighted by Gasteiger charge is -2.19. The summed E-state index contributed by atoms with van der Waals surface area (Å²) in [4.78, 5) is 4.44. The standard InChI is InChI=1S/C33H36N2O3/c1-7-8-9-27(20(2)3)32-28-12-10-24(34-18-26(37)19-36)16-30(28)38-31-17-25(11-13-29(31)32)35-33-22(5)14-21(4)15-23(33)6/h7-17,26,35-37H,2,18-19H2,1,3-6H3/b8-7-,27-9+,34-24+. The number of aliphatic hydroxyl groups excluding tert-OH is 2. The van der Waals surface area contributed by atoms with Gasteiger partial charge in [0.1, 0.15) is 11.3 Å². The van der Waals surface area contributed by atoms with Crippen molar-refractivity contribution in [2.45, 2.75) is 40.7 Å². The van der Waals surface area contributed by atoms with Crippen LogP contribution < -0.4 is 10.7 Å². The molecule has 5 nitrogen and oxygen atoms in total. The van der Waals surface area contributed by atoms with E-state index in [2.05, 4.69) is 68.0 Å². The molecule has 0 saturated heterocycles. The second kappa shape index (κ2) is 11.6. The maximum absolute atomic E-state index is 9.74. The smallest absolute Gasteiger partial charge is 0.137 e. The molecule has 2 aliphatic rings. The highest BCUT2D eigenvalue weighted by Gasteiger charge is 2.19. The number of hydrogen-bond acceptors (Lipinski definition) is 5. The third kappa shape index (κ3) is 5.80. The van der Waals surface area contributed by atoms with E-state index in [4.69, 9.17) is 9.52 Å². The summed E-state index contributed by atoms with van der Waals surface area (Å²) in [6.45, 7) is 14.4. The molecule has 5 heteroatoms. The van der Waals surface area contributed by atoms with Gasteiger partial charge in [-0.3, -0.25) is 4.99 Å². The fraction of sp³-hybridized carbons (Fsp3) is 0.242. The Hall–Kier alpha value is -3.93. The predicted molar refractivity (Wildman–Crippen MR) is 158 cm³/mol. The lowest BCUT2D eigenvalue weighted by Crippen LogP contribution is -2.18. The van der Waals surface area contributed by atoms with Gasteiger partial charge in [0, 0.05) is 40.0 Å². The average molecular weight is 509 g/mol. The van der Waals surface area contributed by atoms with Crippen molar-refractivity contribution >= 4 is 27.9 Å². The van der Waals surface area contributed by atoms with E-state index in [1.54, 1.807) is 0 Å². The number of fused-ring (bicyclic) bond motifs is 2. The Morgan fingerprint density at radius 3 is 2.47 bits per heavy atom. The Morgan fingerprint density at radius 2 is 1.82 bits per heavy atom. The topological polar surface area (TPSA) is 78.0 Å². The van der Waals surface area contributed by atoms with Crippen LogP contribution >= 0.6 is 0 Å². The van der Waals surface area contributed by atoms with Crippen LogP contribution in [0.1, 0.15) is 36.1 Å². The first-order chi connectivity index (χ1) is 18.2. The molecule has 0 saturated carbocycles. The first kappa shape index (κ1) is 27.1. The van der Waals surface area contributed by atoms with Crippen molar-refractivity contribution in [3.8, 4) is 11.3 Å². The van der Waals surface area contributed by atoms with Crippen molar-refractivity contribution in [3.05, 3.63) is 107 Å². The number of allylic oxidation sites excluding steroid dienone is 5. The summed E-state index contributed by atoms with van der Waals surface area (Å²) in [6.07, 6.45) is 5.21. The zero-order valence-electron chi connectivity index (χ0n) is 22.8. The Bertz CT molecular complexity index is 1570. The number of anilines is 2. The van der Waals surface area contributed by atoms with Crippen molar-refractivity contribution in [2.24, 2.45) is 4.99 Å². The number of aliphatic hydroxyl groups is 2. The van der Waals surface area contributed by atoms with Crippen LogP contribution in [0.4, 0.5) is 11.4 Å². The number of nitrogens with zero attached hydrogens (tertiary/aromatic N) is 1. The van der Waals surface area contributed by atoms with Crippen molar-refractivity contribution in [3.63, 3.8) is 0 Å². The number of benzene rings is 3. The summed E-state index contributed by atoms with van der Waals surface area (Å²) < 4.78 is 6.47. The quantitative estimate of drug-likeness (QED) is 0.177. The Labute approximate surface area is 224 Å². The molecule has 2 aromatic rings. The van der Waals surface area contributed by atoms with Crippen LogP contribution in [0.5, 0.6) is 0 Å². The normalized spacial score (nSPS) is 13.6. The van der Waals surface area contributed by atoms with Gasteiger partial charge in [0.05, 0.1) is 24.6 Å². The zero-order chi connectivity index (χ0) is 27.4. The van der Waals surface area contributed by atoms with Gasteiger partial charge in [-0.2, -0.15) is 0 Å². The van der Waals surface area contributed by atoms with Gasteiger partial charge in [-0.1, -0.05) is 48.1 Å². The second-order valence-corrected chi connectivity index (χ2v) is 9.83. The third-order valence-electron chi connectivity index (χ3n) is 6.53. The molecule has 0 bridgehead atoms. The highest BCUT2D eigenvalue weighted by atomic mass is 16.3. The molecular weight excluding hydrogens is 472 g/mol. The first-order valence-electron chi connectivity index (χ1n) is 12.9. The largest absolute Gasteiger partial charge is 0.456 e. The van der Waals surface area contributed by atoms with Crippen LogP contribution in [0, 0.1) is 20.8 Å². The van der Waals surface area contributed by atoms with Crippen molar-refractivity contribution in [2.75, 3.05) is 18.5 Å². The highest BCUT2D eigenvalue weighted by molar-refractivity contribution is 6.02. The van der Waals surface area contributed by atoms with E-state index in [0.717, 1.165) is 44.6 Å². The van der Waals surface area contributed by atoms with Crippen LogP contribution in [-0.2, 0) is 0 Å². The van der Waals surface area contributed by atoms with E-state index in [0.29, 0.717) is 11.1 Å². The molecule has 38 heavy (non-hydrogen) atoms. The van der Waals surface area contributed by atoms with E-state index in [-0.39, 0.29) is 13.2 Å². The van der Waals surface area contributed by atoms with Crippen LogP contribution in [0.2, 0.25) is 0 Å². The lowest BCUT2D eigenvalue weighted by atomic mass is 9.90. The van der Waals surface area contributed by atoms with E-state index in [9.17, 15) is 5.11 Å². The molecule has 4 rings (SSSR count). The third-order valence-corrected chi connectivity index (χ3v) is 6.53. The van der Waals surface area contributed by atoms with Crippen LogP contribution in [0.3, 0.4) is 0 Å². The van der Waals surface area contributed by atoms with Crippen LogP contribution in [0.25, 0.3) is 27.9 Å². The fourth-order valence-corrected chi connectivity index (χ4v) is 4.77. The molecule has 1 unspecified atom stereocenters. The molecule has 196 valence electrons. The maximum atomic E-state index is 9.74. The SMILES string of the molecule is C=C(C)/C(=C\C=C/C)c1c2cc/c(=N\CC(O)CO)cc-2oc2cc(Nc3c(C)cc(C)cc3C)ccc12. The minimum atomic E-state index is -0.893. The van der Waals surface area contributed by atoms with Crippen molar-refractivity contribution < 1.29 is 14.6 Å². The molecule has 1 aliphatic carbocycles. The summed E-state index contributed by atoms with van der Waals surface area (Å²) in [5, 5.41) is 24.1. The van der Waals surface area contributed by atoms with Gasteiger partial charge < -0.3 is 19.9 Å². The molecule has 1 aliphatic heterocycles. The summed E-state index contributed by atoms with van der Waals surface area (Å²) >= 11 is 0. The molecule has 1 atom stereocenters. The second-order valence-electron chi connectivity index (χ2n) is 9.83. The molecule has 0 spiro atoms. The van der Waals surface area contributed by atoms with Gasteiger partial charge in [0.15, 0.2) is 0 Å².